The number of nitrogens with two attached hydrogens (primary N) is 1. The van der Waals surface area contributed by atoms with Crippen molar-refractivity contribution in [1.82, 2.24) is 10.2 Å². The Balaban J connectivity index is 4.49. The Hall–Kier alpha value is -0.610. The van der Waals surface area contributed by atoms with E-state index in [1.807, 2.05) is 14.0 Å². The SMILES string of the molecule is CNC(C)(CN(C)C(C)C(C)C)C(N)=O. The first kappa shape index (κ1) is 14.4. The van der Waals surface area contributed by atoms with Crippen LogP contribution in [0, 0.1) is 5.92 Å². The summed E-state index contributed by atoms with van der Waals surface area (Å²) in [5.41, 5.74) is 4.72. The monoisotopic (exact) mass is 215 g/mol. The molecule has 0 fully saturated rings. The second-order valence-electron chi connectivity index (χ2n) is 4.85. The number of hydrogen-bond donors (Lipinski definition) is 2. The molecule has 0 radical (unpaired) electrons. The predicted molar refractivity (Wildman–Crippen MR) is 63.6 cm³/mol. The van der Waals surface area contributed by atoms with Gasteiger partial charge in [-0.1, -0.05) is 13.8 Å². The second-order valence-corrected chi connectivity index (χ2v) is 4.85. The molecule has 0 spiro atoms. The number of nitrogens with one attached hydrogen (secondary N) is 1. The van der Waals surface area contributed by atoms with Crippen LogP contribution in [0.15, 0.2) is 0 Å². The molecule has 4 heteroatoms. The molecule has 0 saturated carbocycles. The standard InChI is InChI=1S/C11H25N3O/c1-8(2)9(3)14(6)7-11(4,13-5)10(12)15/h8-9,13H,7H2,1-6H3,(H2,12,15). The number of carbonyl (C=O) groups is 1. The first-order valence-electron chi connectivity index (χ1n) is 5.43. The summed E-state index contributed by atoms with van der Waals surface area (Å²) < 4.78 is 0. The third-order valence-electron chi connectivity index (χ3n) is 3.32. The zero-order valence-electron chi connectivity index (χ0n) is 10.8. The highest BCUT2D eigenvalue weighted by Gasteiger charge is 2.31. The van der Waals surface area contributed by atoms with Gasteiger partial charge in [0.05, 0.1) is 0 Å². The lowest BCUT2D eigenvalue weighted by Crippen LogP contribution is -2.59. The van der Waals surface area contributed by atoms with Gasteiger partial charge in [0.25, 0.3) is 0 Å². The van der Waals surface area contributed by atoms with Gasteiger partial charge in [-0.2, -0.15) is 0 Å². The van der Waals surface area contributed by atoms with Crippen LogP contribution in [0.2, 0.25) is 0 Å². The van der Waals surface area contributed by atoms with E-state index in [1.54, 1.807) is 7.05 Å². The molecule has 0 aliphatic carbocycles. The molecule has 0 heterocycles. The zero-order valence-corrected chi connectivity index (χ0v) is 10.8. The molecule has 0 aromatic rings. The highest BCUT2D eigenvalue weighted by Crippen LogP contribution is 2.12. The summed E-state index contributed by atoms with van der Waals surface area (Å²) in [5.74, 6) is 0.247. The largest absolute Gasteiger partial charge is 0.368 e. The van der Waals surface area contributed by atoms with Crippen molar-refractivity contribution >= 4 is 5.91 Å². The Morgan fingerprint density at radius 3 is 2.20 bits per heavy atom. The van der Waals surface area contributed by atoms with Crippen LogP contribution in [0.3, 0.4) is 0 Å². The maximum Gasteiger partial charge on any atom is 0.238 e. The minimum Gasteiger partial charge on any atom is -0.368 e. The van der Waals surface area contributed by atoms with Crippen LogP contribution >= 0.6 is 0 Å². The van der Waals surface area contributed by atoms with Gasteiger partial charge in [0, 0.05) is 12.6 Å². The van der Waals surface area contributed by atoms with Gasteiger partial charge in [-0.25, -0.2) is 0 Å². The van der Waals surface area contributed by atoms with Gasteiger partial charge in [0.1, 0.15) is 5.54 Å². The van der Waals surface area contributed by atoms with E-state index in [2.05, 4.69) is 31.0 Å². The molecule has 1 amide bonds. The number of carbonyl (C=O) groups excluding carboxylic acids is 1. The molecular formula is C11H25N3O. The molecule has 3 N–H and O–H groups in total. The van der Waals surface area contributed by atoms with E-state index in [0.29, 0.717) is 18.5 Å². The number of nitrogens with zero attached hydrogens (tertiary/aromatic N) is 1. The van der Waals surface area contributed by atoms with Gasteiger partial charge in [-0.15, -0.1) is 0 Å². The zero-order chi connectivity index (χ0) is 12.2. The Morgan fingerprint density at radius 2 is 1.93 bits per heavy atom. The molecule has 0 saturated heterocycles. The van der Waals surface area contributed by atoms with E-state index in [0.717, 1.165) is 0 Å². The van der Waals surface area contributed by atoms with Crippen molar-refractivity contribution in [2.75, 3.05) is 20.6 Å². The smallest absolute Gasteiger partial charge is 0.238 e. The van der Waals surface area contributed by atoms with E-state index in [-0.39, 0.29) is 5.91 Å². The Kier molecular flexibility index (Phi) is 5.24. The number of hydrogen-bond acceptors (Lipinski definition) is 3. The van der Waals surface area contributed by atoms with Crippen molar-refractivity contribution in [3.63, 3.8) is 0 Å². The topological polar surface area (TPSA) is 58.4 Å². The highest BCUT2D eigenvalue weighted by atomic mass is 16.1. The van der Waals surface area contributed by atoms with E-state index >= 15 is 0 Å². The summed E-state index contributed by atoms with van der Waals surface area (Å²) in [6.07, 6.45) is 0. The number of amides is 1. The van der Waals surface area contributed by atoms with Gasteiger partial charge in [0.2, 0.25) is 5.91 Å². The van der Waals surface area contributed by atoms with Gasteiger partial charge >= 0.3 is 0 Å². The molecular weight excluding hydrogens is 190 g/mol. The van der Waals surface area contributed by atoms with Gasteiger partial charge in [-0.3, -0.25) is 4.79 Å². The average molecular weight is 215 g/mol. The molecule has 90 valence electrons. The maximum atomic E-state index is 11.3. The lowest BCUT2D eigenvalue weighted by molar-refractivity contribution is -0.124. The molecule has 0 aromatic heterocycles. The van der Waals surface area contributed by atoms with Crippen LogP contribution < -0.4 is 11.1 Å². The van der Waals surface area contributed by atoms with Crippen LogP contribution in [-0.2, 0) is 4.79 Å². The predicted octanol–water partition coefficient (Wildman–Crippen LogP) is 0.426. The molecule has 0 aromatic carbocycles. The van der Waals surface area contributed by atoms with Crippen molar-refractivity contribution in [2.45, 2.75) is 39.3 Å². The first-order chi connectivity index (χ1) is 6.74. The fraction of sp³-hybridized carbons (Fsp3) is 0.909. The van der Waals surface area contributed by atoms with E-state index in [9.17, 15) is 4.79 Å². The summed E-state index contributed by atoms with van der Waals surface area (Å²) in [6, 6.07) is 0.428. The minimum atomic E-state index is -0.655. The molecule has 15 heavy (non-hydrogen) atoms. The summed E-state index contributed by atoms with van der Waals surface area (Å²) in [7, 11) is 3.78. The summed E-state index contributed by atoms with van der Waals surface area (Å²) >= 11 is 0. The second kappa shape index (κ2) is 5.47. The van der Waals surface area contributed by atoms with Crippen LogP contribution in [0.4, 0.5) is 0 Å². The van der Waals surface area contributed by atoms with Crippen molar-refractivity contribution in [3.05, 3.63) is 0 Å². The van der Waals surface area contributed by atoms with Crippen LogP contribution in [0.1, 0.15) is 27.7 Å². The summed E-state index contributed by atoms with van der Waals surface area (Å²) in [5, 5.41) is 2.99. The van der Waals surface area contributed by atoms with Crippen molar-refractivity contribution in [1.29, 1.82) is 0 Å². The summed E-state index contributed by atoms with van der Waals surface area (Å²) in [4.78, 5) is 13.5. The molecule has 0 rings (SSSR count). The first-order valence-corrected chi connectivity index (χ1v) is 5.43. The fourth-order valence-corrected chi connectivity index (χ4v) is 1.43. The van der Waals surface area contributed by atoms with Crippen molar-refractivity contribution in [2.24, 2.45) is 11.7 Å². The van der Waals surface area contributed by atoms with E-state index in [4.69, 9.17) is 5.73 Å². The third-order valence-corrected chi connectivity index (χ3v) is 3.32. The van der Waals surface area contributed by atoms with Gasteiger partial charge in [-0.05, 0) is 33.9 Å². The van der Waals surface area contributed by atoms with Crippen LogP contribution in [0.25, 0.3) is 0 Å². The number of rotatable bonds is 6. The lowest BCUT2D eigenvalue weighted by atomic mass is 9.98. The third kappa shape index (κ3) is 3.80. The van der Waals surface area contributed by atoms with E-state index < -0.39 is 5.54 Å². The number of primary amides is 1. The number of likely N-dealkylation sites (N-methyl/N-ethyl adjacent to an activating group) is 2. The highest BCUT2D eigenvalue weighted by molar-refractivity contribution is 5.84. The molecule has 0 bridgehead atoms. The van der Waals surface area contributed by atoms with Crippen LogP contribution in [0.5, 0.6) is 0 Å². The van der Waals surface area contributed by atoms with Crippen molar-refractivity contribution < 1.29 is 4.79 Å². The van der Waals surface area contributed by atoms with Crippen molar-refractivity contribution in [3.8, 4) is 0 Å². The molecule has 0 aliphatic rings. The van der Waals surface area contributed by atoms with Gasteiger partial charge in [0.15, 0.2) is 0 Å². The summed E-state index contributed by atoms with van der Waals surface area (Å²) in [6.45, 7) is 8.95. The van der Waals surface area contributed by atoms with E-state index in [1.165, 1.54) is 0 Å². The molecule has 2 atom stereocenters. The van der Waals surface area contributed by atoms with Crippen LogP contribution in [-0.4, -0.2) is 43.0 Å². The molecule has 0 aliphatic heterocycles. The average Bonchev–Trinajstić information content (AvgIpc) is 2.15. The Labute approximate surface area is 93.2 Å². The molecule has 2 unspecified atom stereocenters. The quantitative estimate of drug-likeness (QED) is 0.675. The Bertz CT molecular complexity index is 218. The molecule has 4 nitrogen and oxygen atoms in total. The van der Waals surface area contributed by atoms with Gasteiger partial charge < -0.3 is 16.0 Å². The normalized spacial score (nSPS) is 17.9. The fourth-order valence-electron chi connectivity index (χ4n) is 1.43. The Morgan fingerprint density at radius 1 is 1.47 bits per heavy atom. The minimum absolute atomic E-state index is 0.312. The maximum absolute atomic E-state index is 11.3. The lowest BCUT2D eigenvalue weighted by Gasteiger charge is -2.35.